The molecule has 0 aliphatic rings. The maximum absolute atomic E-state index is 5.48. The predicted octanol–water partition coefficient (Wildman–Crippen LogP) is 6.54. The molecule has 0 atom stereocenters. The van der Waals surface area contributed by atoms with Crippen LogP contribution in [-0.4, -0.2) is 6.54 Å². The van der Waals surface area contributed by atoms with E-state index in [4.69, 9.17) is 5.73 Å². The zero-order chi connectivity index (χ0) is 15.4. The highest BCUT2D eigenvalue weighted by Gasteiger charge is 1.91. The van der Waals surface area contributed by atoms with Gasteiger partial charge in [0.25, 0.3) is 0 Å². The first-order valence-electron chi connectivity index (χ1n) is 9.42. The summed E-state index contributed by atoms with van der Waals surface area (Å²) in [6.07, 6.45) is 27.9. The van der Waals surface area contributed by atoms with Crippen LogP contribution in [0.5, 0.6) is 0 Å². The van der Waals surface area contributed by atoms with E-state index in [9.17, 15) is 0 Å². The van der Waals surface area contributed by atoms with Crippen LogP contribution in [-0.2, 0) is 0 Å². The van der Waals surface area contributed by atoms with Crippen molar-refractivity contribution >= 4 is 0 Å². The van der Waals surface area contributed by atoms with Crippen molar-refractivity contribution in [2.45, 2.75) is 96.8 Å². The summed E-state index contributed by atoms with van der Waals surface area (Å²) in [7, 11) is 0. The Morgan fingerprint density at radius 3 is 1.57 bits per heavy atom. The topological polar surface area (TPSA) is 26.0 Å². The summed E-state index contributed by atoms with van der Waals surface area (Å²) in [5.41, 5.74) is 5.48. The molecule has 0 aromatic carbocycles. The minimum atomic E-state index is 0.861. The van der Waals surface area contributed by atoms with Gasteiger partial charge in [0.2, 0.25) is 0 Å². The van der Waals surface area contributed by atoms with Crippen molar-refractivity contribution in [1.29, 1.82) is 0 Å². The Morgan fingerprint density at radius 2 is 1.05 bits per heavy atom. The predicted molar refractivity (Wildman–Crippen MR) is 97.6 cm³/mol. The van der Waals surface area contributed by atoms with Crippen LogP contribution >= 0.6 is 0 Å². The number of unbranched alkanes of at least 4 members (excludes halogenated alkanes) is 11. The number of hydrogen-bond donors (Lipinski definition) is 1. The van der Waals surface area contributed by atoms with Crippen molar-refractivity contribution in [3.8, 4) is 0 Å². The molecule has 1 heteroatoms. The maximum atomic E-state index is 5.48. The quantitative estimate of drug-likeness (QED) is 0.254. The lowest BCUT2D eigenvalue weighted by Gasteiger charge is -2.00. The van der Waals surface area contributed by atoms with Crippen LogP contribution in [0.3, 0.4) is 0 Å². The minimum absolute atomic E-state index is 0.861. The molecule has 0 heterocycles. The number of hydrogen-bond acceptors (Lipinski definition) is 1. The van der Waals surface area contributed by atoms with Gasteiger partial charge in [0, 0.05) is 0 Å². The van der Waals surface area contributed by atoms with E-state index >= 15 is 0 Å². The third kappa shape index (κ3) is 19.4. The van der Waals surface area contributed by atoms with E-state index in [1.54, 1.807) is 0 Å². The van der Waals surface area contributed by atoms with Crippen LogP contribution in [0, 0.1) is 0 Å². The zero-order valence-electron chi connectivity index (χ0n) is 14.5. The van der Waals surface area contributed by atoms with Gasteiger partial charge in [-0.15, -0.1) is 0 Å². The van der Waals surface area contributed by atoms with Gasteiger partial charge in [-0.3, -0.25) is 0 Å². The van der Waals surface area contributed by atoms with E-state index in [0.29, 0.717) is 0 Å². The normalized spacial score (nSPS) is 11.9. The smallest absolute Gasteiger partial charge is 0.00773 e. The van der Waals surface area contributed by atoms with Crippen molar-refractivity contribution in [3.63, 3.8) is 0 Å². The molecule has 0 radical (unpaired) electrons. The summed E-state index contributed by atoms with van der Waals surface area (Å²) in [6, 6.07) is 0. The first-order chi connectivity index (χ1) is 10.4. The second-order valence-corrected chi connectivity index (χ2v) is 6.08. The van der Waals surface area contributed by atoms with Crippen LogP contribution < -0.4 is 5.73 Å². The van der Waals surface area contributed by atoms with E-state index in [1.165, 1.54) is 83.5 Å². The number of allylic oxidation sites excluding steroid dienone is 4. The summed E-state index contributed by atoms with van der Waals surface area (Å²) in [5, 5.41) is 0. The van der Waals surface area contributed by atoms with Gasteiger partial charge in [0.1, 0.15) is 0 Å². The Balaban J connectivity index is 3.11. The third-order valence-corrected chi connectivity index (χ3v) is 3.90. The molecule has 0 aromatic heterocycles. The van der Waals surface area contributed by atoms with Crippen LogP contribution in [0.2, 0.25) is 0 Å². The molecule has 0 saturated heterocycles. The summed E-state index contributed by atoms with van der Waals surface area (Å²) >= 11 is 0. The maximum Gasteiger partial charge on any atom is -0.00773 e. The van der Waals surface area contributed by atoms with Crippen molar-refractivity contribution < 1.29 is 0 Å². The minimum Gasteiger partial charge on any atom is -0.330 e. The molecule has 0 amide bonds. The standard InChI is InChI=1S/C20H39N/c1-2-3-4-5-6-7-8-9-10-11-12-13-14-15-16-17-18-19-20-21/h6-7,9-10H,2-5,8,11-21H2,1H3. The van der Waals surface area contributed by atoms with E-state index < -0.39 is 0 Å². The van der Waals surface area contributed by atoms with E-state index in [-0.39, 0.29) is 0 Å². The molecule has 1 nitrogen and oxygen atoms in total. The largest absolute Gasteiger partial charge is 0.330 e. The fourth-order valence-electron chi connectivity index (χ4n) is 2.49. The van der Waals surface area contributed by atoms with Gasteiger partial charge in [-0.2, -0.15) is 0 Å². The lowest BCUT2D eigenvalue weighted by molar-refractivity contribution is 0.571. The van der Waals surface area contributed by atoms with Crippen molar-refractivity contribution in [2.75, 3.05) is 6.54 Å². The monoisotopic (exact) mass is 293 g/mol. The second-order valence-electron chi connectivity index (χ2n) is 6.08. The van der Waals surface area contributed by atoms with Gasteiger partial charge < -0.3 is 5.73 Å². The fraction of sp³-hybridized carbons (Fsp3) is 0.800. The molecule has 0 aliphatic carbocycles. The number of rotatable bonds is 16. The molecule has 0 unspecified atom stereocenters. The van der Waals surface area contributed by atoms with Gasteiger partial charge in [-0.05, 0) is 45.1 Å². The van der Waals surface area contributed by atoms with Crippen molar-refractivity contribution in [1.82, 2.24) is 0 Å². The summed E-state index contributed by atoms with van der Waals surface area (Å²) in [5.74, 6) is 0. The average Bonchev–Trinajstić information content (AvgIpc) is 2.50. The molecule has 0 fully saturated rings. The van der Waals surface area contributed by atoms with Crippen LogP contribution in [0.15, 0.2) is 24.3 Å². The molecule has 0 saturated carbocycles. The Kier molecular flexibility index (Phi) is 18.9. The Morgan fingerprint density at radius 1 is 0.571 bits per heavy atom. The fourth-order valence-corrected chi connectivity index (χ4v) is 2.49. The Hall–Kier alpha value is -0.560. The lowest BCUT2D eigenvalue weighted by atomic mass is 10.1. The highest BCUT2D eigenvalue weighted by molar-refractivity contribution is 4.92. The second kappa shape index (κ2) is 19.4. The summed E-state index contributed by atoms with van der Waals surface area (Å²) in [6.45, 7) is 3.12. The SMILES string of the molecule is CCCCCC=CCC=CCCCCCCCCCCN. The molecule has 124 valence electrons. The zero-order valence-corrected chi connectivity index (χ0v) is 14.5. The van der Waals surface area contributed by atoms with Crippen LogP contribution in [0.25, 0.3) is 0 Å². The molecule has 0 aliphatic heterocycles. The Bertz CT molecular complexity index is 230. The van der Waals surface area contributed by atoms with Gasteiger partial charge >= 0.3 is 0 Å². The van der Waals surface area contributed by atoms with E-state index in [2.05, 4.69) is 31.2 Å². The van der Waals surface area contributed by atoms with E-state index in [1.807, 2.05) is 0 Å². The third-order valence-electron chi connectivity index (χ3n) is 3.90. The van der Waals surface area contributed by atoms with Crippen molar-refractivity contribution in [3.05, 3.63) is 24.3 Å². The molecule has 2 N–H and O–H groups in total. The molecule has 0 aromatic rings. The molecule has 0 rings (SSSR count). The lowest BCUT2D eigenvalue weighted by Crippen LogP contribution is -1.97. The summed E-state index contributed by atoms with van der Waals surface area (Å²) in [4.78, 5) is 0. The van der Waals surface area contributed by atoms with Gasteiger partial charge in [-0.1, -0.05) is 82.6 Å². The average molecular weight is 294 g/mol. The van der Waals surface area contributed by atoms with Crippen molar-refractivity contribution in [2.24, 2.45) is 5.73 Å². The first kappa shape index (κ1) is 20.4. The van der Waals surface area contributed by atoms with E-state index in [0.717, 1.165) is 13.0 Å². The van der Waals surface area contributed by atoms with Crippen LogP contribution in [0.1, 0.15) is 96.8 Å². The van der Waals surface area contributed by atoms with Crippen LogP contribution in [0.4, 0.5) is 0 Å². The molecule has 0 spiro atoms. The molecular weight excluding hydrogens is 254 g/mol. The molecule has 21 heavy (non-hydrogen) atoms. The van der Waals surface area contributed by atoms with Gasteiger partial charge in [-0.25, -0.2) is 0 Å². The molecule has 0 bridgehead atoms. The van der Waals surface area contributed by atoms with Gasteiger partial charge in [0.15, 0.2) is 0 Å². The highest BCUT2D eigenvalue weighted by Crippen LogP contribution is 2.09. The summed E-state index contributed by atoms with van der Waals surface area (Å²) < 4.78 is 0. The number of nitrogens with two attached hydrogens (primary N) is 1. The molecular formula is C20H39N. The first-order valence-corrected chi connectivity index (χ1v) is 9.42. The Labute approximate surface area is 134 Å². The van der Waals surface area contributed by atoms with Gasteiger partial charge in [0.05, 0.1) is 0 Å². The highest BCUT2D eigenvalue weighted by atomic mass is 14.5.